The largest absolute Gasteiger partial charge is 0.481 e. The van der Waals surface area contributed by atoms with Crippen molar-refractivity contribution in [3.8, 4) is 11.8 Å². The fourth-order valence-corrected chi connectivity index (χ4v) is 2.89. The van der Waals surface area contributed by atoms with Gasteiger partial charge in [0.05, 0.1) is 11.6 Å². The maximum atomic E-state index is 12.4. The van der Waals surface area contributed by atoms with E-state index in [-0.39, 0.29) is 11.8 Å². The highest BCUT2D eigenvalue weighted by molar-refractivity contribution is 5.94. The van der Waals surface area contributed by atoms with Gasteiger partial charge in [-0.1, -0.05) is 19.9 Å². The van der Waals surface area contributed by atoms with Gasteiger partial charge in [0.15, 0.2) is 6.10 Å². The normalized spacial score (nSPS) is 11.8. The Bertz CT molecular complexity index is 1130. The summed E-state index contributed by atoms with van der Waals surface area (Å²) in [4.78, 5) is 24.2. The molecule has 3 aromatic rings. The first-order valence-corrected chi connectivity index (χ1v) is 8.93. The molecule has 0 spiro atoms. The molecule has 1 N–H and O–H groups in total. The quantitative estimate of drug-likeness (QED) is 0.674. The highest BCUT2D eigenvalue weighted by Gasteiger charge is 2.16. The van der Waals surface area contributed by atoms with Crippen molar-refractivity contribution in [1.29, 1.82) is 5.26 Å². The van der Waals surface area contributed by atoms with Crippen molar-refractivity contribution in [3.63, 3.8) is 0 Å². The first-order valence-electron chi connectivity index (χ1n) is 8.93. The third-order valence-electron chi connectivity index (χ3n) is 4.31. The number of carbonyl (C=O) groups is 1. The summed E-state index contributed by atoms with van der Waals surface area (Å²) in [6, 6.07) is 15.3. The summed E-state index contributed by atoms with van der Waals surface area (Å²) in [5.41, 5.74) is 1.88. The molecule has 2 aromatic carbocycles. The van der Waals surface area contributed by atoms with E-state index < -0.39 is 11.7 Å². The van der Waals surface area contributed by atoms with Crippen LogP contribution in [0.3, 0.4) is 0 Å². The van der Waals surface area contributed by atoms with Gasteiger partial charge in [-0.3, -0.25) is 4.79 Å². The van der Waals surface area contributed by atoms with Crippen molar-refractivity contribution in [2.24, 2.45) is 0 Å². The summed E-state index contributed by atoms with van der Waals surface area (Å²) < 4.78 is 11.0. The van der Waals surface area contributed by atoms with E-state index in [9.17, 15) is 9.59 Å². The molecule has 0 aliphatic rings. The molecule has 0 saturated heterocycles. The minimum Gasteiger partial charge on any atom is -0.481 e. The molecule has 1 amide bonds. The Hall–Kier alpha value is -3.59. The molecule has 0 aliphatic carbocycles. The molecule has 142 valence electrons. The average Bonchev–Trinajstić information content (AvgIpc) is 2.67. The summed E-state index contributed by atoms with van der Waals surface area (Å²) in [6.45, 7) is 5.63. The number of rotatable bonds is 5. The lowest BCUT2D eigenvalue weighted by Gasteiger charge is -2.16. The fraction of sp³-hybridized carbons (Fsp3) is 0.227. The second-order valence-electron chi connectivity index (χ2n) is 6.78. The van der Waals surface area contributed by atoms with E-state index >= 15 is 0 Å². The number of carbonyl (C=O) groups excluding carboxylic acids is 1. The van der Waals surface area contributed by atoms with Gasteiger partial charge in [-0.2, -0.15) is 5.26 Å². The molecule has 3 rings (SSSR count). The number of fused-ring (bicyclic) bond motifs is 1. The maximum absolute atomic E-state index is 12.4. The lowest BCUT2D eigenvalue weighted by Crippen LogP contribution is -2.30. The van der Waals surface area contributed by atoms with Crippen molar-refractivity contribution in [3.05, 3.63) is 70.1 Å². The summed E-state index contributed by atoms with van der Waals surface area (Å²) in [5, 5.41) is 12.5. The SMILES string of the molecule is CC(Oc1ccc2c(C(C)C)cc(=O)oc2c1)C(=O)Nc1cccc(C#N)c1. The predicted octanol–water partition coefficient (Wildman–Crippen LogP) is 4.19. The van der Waals surface area contributed by atoms with Crippen LogP contribution < -0.4 is 15.7 Å². The Morgan fingerprint density at radius 1 is 1.14 bits per heavy atom. The molecule has 6 heteroatoms. The van der Waals surface area contributed by atoms with Crippen LogP contribution in [0.25, 0.3) is 11.0 Å². The van der Waals surface area contributed by atoms with Gasteiger partial charge >= 0.3 is 5.63 Å². The molecule has 0 fully saturated rings. The lowest BCUT2D eigenvalue weighted by atomic mass is 10.00. The van der Waals surface area contributed by atoms with Gasteiger partial charge in [-0.25, -0.2) is 4.79 Å². The number of nitrogens with zero attached hydrogens (tertiary/aromatic N) is 1. The Kier molecular flexibility index (Phi) is 5.46. The van der Waals surface area contributed by atoms with Gasteiger partial charge in [0.25, 0.3) is 5.91 Å². The highest BCUT2D eigenvalue weighted by atomic mass is 16.5. The zero-order valence-corrected chi connectivity index (χ0v) is 15.9. The Morgan fingerprint density at radius 2 is 1.93 bits per heavy atom. The second-order valence-corrected chi connectivity index (χ2v) is 6.78. The van der Waals surface area contributed by atoms with E-state index in [0.29, 0.717) is 22.6 Å². The number of ether oxygens (including phenoxy) is 1. The van der Waals surface area contributed by atoms with Crippen molar-refractivity contribution in [1.82, 2.24) is 0 Å². The smallest absolute Gasteiger partial charge is 0.336 e. The third-order valence-corrected chi connectivity index (χ3v) is 4.31. The molecule has 1 atom stereocenters. The van der Waals surface area contributed by atoms with Crippen LogP contribution in [0, 0.1) is 11.3 Å². The van der Waals surface area contributed by atoms with Crippen molar-refractivity contribution >= 4 is 22.6 Å². The second kappa shape index (κ2) is 7.97. The Labute approximate surface area is 162 Å². The summed E-state index contributed by atoms with van der Waals surface area (Å²) in [5.74, 6) is 0.241. The molecule has 0 saturated carbocycles. The molecular weight excluding hydrogens is 356 g/mol. The number of nitrogens with one attached hydrogen (secondary N) is 1. The monoisotopic (exact) mass is 376 g/mol. The molecule has 0 aliphatic heterocycles. The maximum Gasteiger partial charge on any atom is 0.336 e. The predicted molar refractivity (Wildman–Crippen MR) is 106 cm³/mol. The molecule has 0 bridgehead atoms. The number of nitriles is 1. The number of hydrogen-bond acceptors (Lipinski definition) is 5. The Morgan fingerprint density at radius 3 is 2.64 bits per heavy atom. The van der Waals surface area contributed by atoms with Crippen LogP contribution in [-0.4, -0.2) is 12.0 Å². The zero-order valence-electron chi connectivity index (χ0n) is 15.9. The summed E-state index contributed by atoms with van der Waals surface area (Å²) >= 11 is 0. The minimum absolute atomic E-state index is 0.173. The fourth-order valence-electron chi connectivity index (χ4n) is 2.89. The van der Waals surface area contributed by atoms with E-state index in [0.717, 1.165) is 10.9 Å². The van der Waals surface area contributed by atoms with E-state index in [1.54, 1.807) is 43.3 Å². The molecule has 28 heavy (non-hydrogen) atoms. The molecule has 6 nitrogen and oxygen atoms in total. The van der Waals surface area contributed by atoms with E-state index in [1.165, 1.54) is 6.07 Å². The number of amides is 1. The average molecular weight is 376 g/mol. The molecule has 1 aromatic heterocycles. The number of anilines is 1. The van der Waals surface area contributed by atoms with Crippen LogP contribution in [0.15, 0.2) is 57.7 Å². The molecular formula is C22H20N2O4. The van der Waals surface area contributed by atoms with Crippen LogP contribution in [0.5, 0.6) is 5.75 Å². The van der Waals surface area contributed by atoms with Gasteiger partial charge < -0.3 is 14.5 Å². The van der Waals surface area contributed by atoms with Crippen LogP contribution in [0.2, 0.25) is 0 Å². The van der Waals surface area contributed by atoms with Gasteiger partial charge in [0.2, 0.25) is 0 Å². The molecule has 1 unspecified atom stereocenters. The first-order chi connectivity index (χ1) is 13.4. The first kappa shape index (κ1) is 19.2. The summed E-state index contributed by atoms with van der Waals surface area (Å²) in [6.07, 6.45) is -0.789. The van der Waals surface area contributed by atoms with Crippen LogP contribution in [0.4, 0.5) is 5.69 Å². The Balaban J connectivity index is 1.78. The van der Waals surface area contributed by atoms with Crippen LogP contribution in [-0.2, 0) is 4.79 Å². The van der Waals surface area contributed by atoms with Crippen molar-refractivity contribution in [2.75, 3.05) is 5.32 Å². The van der Waals surface area contributed by atoms with Gasteiger partial charge in [0.1, 0.15) is 11.3 Å². The van der Waals surface area contributed by atoms with Gasteiger partial charge in [-0.05, 0) is 48.7 Å². The third kappa shape index (κ3) is 4.21. The van der Waals surface area contributed by atoms with Crippen molar-refractivity contribution in [2.45, 2.75) is 32.8 Å². The highest BCUT2D eigenvalue weighted by Crippen LogP contribution is 2.27. The summed E-state index contributed by atoms with van der Waals surface area (Å²) in [7, 11) is 0. The minimum atomic E-state index is -0.789. The van der Waals surface area contributed by atoms with Crippen molar-refractivity contribution < 1.29 is 13.9 Å². The number of hydrogen-bond donors (Lipinski definition) is 1. The topological polar surface area (TPSA) is 92.3 Å². The van der Waals surface area contributed by atoms with E-state index in [2.05, 4.69) is 5.32 Å². The molecule has 1 heterocycles. The molecule has 0 radical (unpaired) electrons. The van der Waals surface area contributed by atoms with Crippen LogP contribution >= 0.6 is 0 Å². The standard InChI is InChI=1S/C22H20N2O4/c1-13(2)19-11-21(25)28-20-10-17(7-8-18(19)20)27-14(3)22(26)24-16-6-4-5-15(9-16)12-23/h4-11,13-14H,1-3H3,(H,24,26). The number of benzene rings is 2. The van der Waals surface area contributed by atoms with E-state index in [1.807, 2.05) is 26.0 Å². The van der Waals surface area contributed by atoms with Gasteiger partial charge in [-0.15, -0.1) is 0 Å². The zero-order chi connectivity index (χ0) is 20.3. The van der Waals surface area contributed by atoms with Gasteiger partial charge in [0, 0.05) is 23.2 Å². The lowest BCUT2D eigenvalue weighted by molar-refractivity contribution is -0.122. The van der Waals surface area contributed by atoms with Crippen LogP contribution in [0.1, 0.15) is 37.8 Å². The van der Waals surface area contributed by atoms with E-state index in [4.69, 9.17) is 14.4 Å².